The van der Waals surface area contributed by atoms with Gasteiger partial charge in [-0.3, -0.25) is 4.79 Å². The van der Waals surface area contributed by atoms with Gasteiger partial charge in [0.15, 0.2) is 0 Å². The third-order valence-corrected chi connectivity index (χ3v) is 1.32. The Morgan fingerprint density at radius 2 is 1.54 bits per heavy atom. The first kappa shape index (κ1) is 12.2. The molecule has 1 atom stereocenters. The highest BCUT2D eigenvalue weighted by Gasteiger charge is 2.48. The number of carbonyl (C=O) groups is 1. The van der Waals surface area contributed by atoms with Gasteiger partial charge in [-0.1, -0.05) is 0 Å². The maximum atomic E-state index is 11.8. The van der Waals surface area contributed by atoms with E-state index in [4.69, 9.17) is 0 Å². The van der Waals surface area contributed by atoms with Crippen molar-refractivity contribution in [2.45, 2.75) is 25.7 Å². The summed E-state index contributed by atoms with van der Waals surface area (Å²) in [4.78, 5) is 10.2. The molecule has 1 unspecified atom stereocenters. The van der Waals surface area contributed by atoms with Crippen molar-refractivity contribution in [3.05, 3.63) is 0 Å². The molecule has 0 aromatic heterocycles. The van der Waals surface area contributed by atoms with Crippen molar-refractivity contribution in [1.82, 2.24) is 0 Å². The molecule has 0 saturated heterocycles. The van der Waals surface area contributed by atoms with Crippen molar-refractivity contribution in [1.29, 1.82) is 0 Å². The molecule has 0 aliphatic rings. The van der Waals surface area contributed by atoms with Crippen molar-refractivity contribution in [2.24, 2.45) is 5.92 Å². The van der Waals surface area contributed by atoms with Crippen molar-refractivity contribution >= 4 is 5.78 Å². The second kappa shape index (κ2) is 3.55. The third kappa shape index (κ3) is 4.74. The molecule has 7 heteroatoms. The van der Waals surface area contributed by atoms with Crippen molar-refractivity contribution in [3.63, 3.8) is 0 Å². The number of hydrogen-bond acceptors (Lipinski definition) is 1. The van der Waals surface area contributed by atoms with Crippen LogP contribution in [0.3, 0.4) is 0 Å². The van der Waals surface area contributed by atoms with Gasteiger partial charge >= 0.3 is 12.4 Å². The Balaban J connectivity index is 4.56. The summed E-state index contributed by atoms with van der Waals surface area (Å²) >= 11 is 0. The van der Waals surface area contributed by atoms with Crippen LogP contribution in [0, 0.1) is 5.92 Å². The van der Waals surface area contributed by atoms with Crippen LogP contribution in [0.5, 0.6) is 0 Å². The Kier molecular flexibility index (Phi) is 3.34. The topological polar surface area (TPSA) is 17.1 Å². The van der Waals surface area contributed by atoms with Crippen LogP contribution in [-0.2, 0) is 4.79 Å². The zero-order valence-electron chi connectivity index (χ0n) is 6.46. The summed E-state index contributed by atoms with van der Waals surface area (Å²) in [6, 6.07) is 0. The lowest BCUT2D eigenvalue weighted by atomic mass is 10.0. The van der Waals surface area contributed by atoms with Crippen LogP contribution in [0.25, 0.3) is 0 Å². The normalized spacial score (nSPS) is 15.6. The summed E-state index contributed by atoms with van der Waals surface area (Å²) in [6.07, 6.45) is -12.3. The largest absolute Gasteiger partial charge is 0.398 e. The average Bonchev–Trinajstić information content (AvgIpc) is 1.77. The number of carbonyl (C=O) groups excluding carboxylic acids is 1. The summed E-state index contributed by atoms with van der Waals surface area (Å²) in [5.74, 6) is -4.46. The van der Waals surface area contributed by atoms with E-state index in [1.54, 1.807) is 0 Å². The molecule has 0 aliphatic heterocycles. The second-order valence-electron chi connectivity index (χ2n) is 2.52. The minimum Gasteiger partial charge on any atom is -0.299 e. The molecule has 0 fully saturated rings. The number of ketones is 1. The van der Waals surface area contributed by atoms with Crippen LogP contribution < -0.4 is 0 Å². The number of halogens is 6. The molecule has 0 rings (SSSR count). The van der Waals surface area contributed by atoms with E-state index in [-0.39, 0.29) is 0 Å². The van der Waals surface area contributed by atoms with Gasteiger partial charge in [0, 0.05) is 0 Å². The van der Waals surface area contributed by atoms with Gasteiger partial charge in [0.05, 0.1) is 6.42 Å². The van der Waals surface area contributed by atoms with Gasteiger partial charge in [-0.25, -0.2) is 0 Å². The fourth-order valence-corrected chi connectivity index (χ4v) is 0.721. The van der Waals surface area contributed by atoms with E-state index in [0.29, 0.717) is 6.92 Å². The Morgan fingerprint density at radius 1 is 1.15 bits per heavy atom. The lowest BCUT2D eigenvalue weighted by Gasteiger charge is -2.18. The standard InChI is InChI=1S/C6H6F6O/c1-3(13)4(6(10,11)12)2-5(7,8)9/h4H,2H2,1H3. The molecule has 0 aliphatic carbocycles. The van der Waals surface area contributed by atoms with Gasteiger partial charge in [-0.05, 0) is 6.92 Å². The fraction of sp³-hybridized carbons (Fsp3) is 0.833. The summed E-state index contributed by atoms with van der Waals surface area (Å²) in [5, 5.41) is 0. The Labute approximate surface area is 69.7 Å². The van der Waals surface area contributed by atoms with Gasteiger partial charge in [-0.2, -0.15) is 26.3 Å². The van der Waals surface area contributed by atoms with E-state index in [1.807, 2.05) is 0 Å². The lowest BCUT2D eigenvalue weighted by Crippen LogP contribution is -2.33. The molecule has 0 bridgehead atoms. The molecule has 0 radical (unpaired) electrons. The Hall–Kier alpha value is -0.750. The second-order valence-corrected chi connectivity index (χ2v) is 2.52. The maximum absolute atomic E-state index is 11.8. The quantitative estimate of drug-likeness (QED) is 0.637. The molecule has 0 spiro atoms. The minimum atomic E-state index is -5.12. The molecular weight excluding hydrogens is 202 g/mol. The smallest absolute Gasteiger partial charge is 0.299 e. The molecule has 0 amide bonds. The number of rotatable bonds is 2. The van der Waals surface area contributed by atoms with E-state index < -0.39 is 30.5 Å². The Bertz CT molecular complexity index is 190. The van der Waals surface area contributed by atoms with E-state index in [0.717, 1.165) is 0 Å². The molecule has 78 valence electrons. The molecule has 0 N–H and O–H groups in total. The first-order valence-corrected chi connectivity index (χ1v) is 3.18. The third-order valence-electron chi connectivity index (χ3n) is 1.32. The highest BCUT2D eigenvalue weighted by molar-refractivity contribution is 5.79. The molecule has 0 aromatic carbocycles. The van der Waals surface area contributed by atoms with Crippen LogP contribution in [0.4, 0.5) is 26.3 Å². The highest BCUT2D eigenvalue weighted by atomic mass is 19.4. The van der Waals surface area contributed by atoms with E-state index >= 15 is 0 Å². The predicted octanol–water partition coefficient (Wildman–Crippen LogP) is 2.71. The first-order valence-electron chi connectivity index (χ1n) is 3.18. The van der Waals surface area contributed by atoms with Crippen LogP contribution in [0.1, 0.15) is 13.3 Å². The van der Waals surface area contributed by atoms with Crippen molar-refractivity contribution in [3.8, 4) is 0 Å². The van der Waals surface area contributed by atoms with Crippen LogP contribution in [-0.4, -0.2) is 18.1 Å². The first-order chi connectivity index (χ1) is 5.54. The van der Waals surface area contributed by atoms with Crippen LogP contribution >= 0.6 is 0 Å². The predicted molar refractivity (Wildman–Crippen MR) is 30.9 cm³/mol. The van der Waals surface area contributed by atoms with Crippen molar-refractivity contribution in [2.75, 3.05) is 0 Å². The SMILES string of the molecule is CC(=O)C(CC(F)(F)F)C(F)(F)F. The van der Waals surface area contributed by atoms with Gasteiger partial charge in [0.2, 0.25) is 0 Å². The van der Waals surface area contributed by atoms with E-state index in [1.165, 1.54) is 0 Å². The fourth-order valence-electron chi connectivity index (χ4n) is 0.721. The molecule has 0 saturated carbocycles. The number of hydrogen-bond donors (Lipinski definition) is 0. The van der Waals surface area contributed by atoms with Gasteiger partial charge in [-0.15, -0.1) is 0 Å². The zero-order valence-corrected chi connectivity index (χ0v) is 6.46. The summed E-state index contributed by atoms with van der Waals surface area (Å²) in [5.41, 5.74) is 0. The van der Waals surface area contributed by atoms with Gasteiger partial charge in [0.1, 0.15) is 11.7 Å². The highest BCUT2D eigenvalue weighted by Crippen LogP contribution is 2.35. The average molecular weight is 208 g/mol. The van der Waals surface area contributed by atoms with Gasteiger partial charge < -0.3 is 0 Å². The summed E-state index contributed by atoms with van der Waals surface area (Å²) in [6.45, 7) is 0.490. The molecule has 0 aromatic rings. The number of alkyl halides is 6. The monoisotopic (exact) mass is 208 g/mol. The van der Waals surface area contributed by atoms with Crippen LogP contribution in [0.15, 0.2) is 0 Å². The summed E-state index contributed by atoms with van der Waals surface area (Å²) < 4.78 is 70.0. The molecule has 0 heterocycles. The molecule has 13 heavy (non-hydrogen) atoms. The van der Waals surface area contributed by atoms with E-state index in [2.05, 4.69) is 0 Å². The minimum absolute atomic E-state index is 0.490. The van der Waals surface area contributed by atoms with E-state index in [9.17, 15) is 31.1 Å². The van der Waals surface area contributed by atoms with Gasteiger partial charge in [0.25, 0.3) is 0 Å². The number of Topliss-reactive ketones (excluding diaryl/α,β-unsaturated/α-hetero) is 1. The summed E-state index contributed by atoms with van der Waals surface area (Å²) in [7, 11) is 0. The Morgan fingerprint density at radius 3 is 1.62 bits per heavy atom. The molecule has 1 nitrogen and oxygen atoms in total. The van der Waals surface area contributed by atoms with Crippen molar-refractivity contribution < 1.29 is 31.1 Å². The zero-order chi connectivity index (χ0) is 10.9. The molecular formula is C6H6F6O. The maximum Gasteiger partial charge on any atom is 0.398 e. The lowest BCUT2D eigenvalue weighted by molar-refractivity contribution is -0.216. The van der Waals surface area contributed by atoms with Crippen LogP contribution in [0.2, 0.25) is 0 Å².